The van der Waals surface area contributed by atoms with Crippen LogP contribution in [0.3, 0.4) is 0 Å². The highest BCUT2D eigenvalue weighted by molar-refractivity contribution is 9.10. The van der Waals surface area contributed by atoms with Gasteiger partial charge in [0.25, 0.3) is 0 Å². The molecular formula is C10H11BrN2O3. The Labute approximate surface area is 101 Å². The average molecular weight is 287 g/mol. The van der Waals surface area contributed by atoms with Crippen LogP contribution in [0.15, 0.2) is 22.7 Å². The van der Waals surface area contributed by atoms with Gasteiger partial charge >= 0.3 is 5.97 Å². The zero-order valence-corrected chi connectivity index (χ0v) is 9.90. The molecule has 5 nitrogen and oxygen atoms in total. The smallest absolute Gasteiger partial charge is 0.320 e. The van der Waals surface area contributed by atoms with Gasteiger partial charge < -0.3 is 16.6 Å². The number of carboxylic acids is 1. The maximum absolute atomic E-state index is 11.7. The van der Waals surface area contributed by atoms with E-state index in [0.29, 0.717) is 10.2 Å². The number of nitrogens with two attached hydrogens (primary N) is 2. The quantitative estimate of drug-likeness (QED) is 0.566. The average Bonchev–Trinajstić information content (AvgIpc) is 2.21. The van der Waals surface area contributed by atoms with Gasteiger partial charge in [-0.25, -0.2) is 0 Å². The molecule has 0 aliphatic carbocycles. The minimum Gasteiger partial charge on any atom is -0.480 e. The van der Waals surface area contributed by atoms with Gasteiger partial charge in [0.1, 0.15) is 6.04 Å². The van der Waals surface area contributed by atoms with Gasteiger partial charge in [0, 0.05) is 16.5 Å². The molecule has 6 heteroatoms. The Kier molecular flexibility index (Phi) is 4.03. The van der Waals surface area contributed by atoms with E-state index >= 15 is 0 Å². The number of hydrogen-bond donors (Lipinski definition) is 3. The molecule has 0 fully saturated rings. The second kappa shape index (κ2) is 5.09. The van der Waals surface area contributed by atoms with Gasteiger partial charge in [0.15, 0.2) is 5.78 Å². The lowest BCUT2D eigenvalue weighted by molar-refractivity contribution is -0.138. The summed E-state index contributed by atoms with van der Waals surface area (Å²) in [5.41, 5.74) is 11.5. The van der Waals surface area contributed by atoms with Crippen LogP contribution < -0.4 is 11.5 Å². The predicted octanol–water partition coefficient (Wildman–Crippen LogP) is 1.02. The number of carbonyl (C=O) groups is 2. The fraction of sp³-hybridized carbons (Fsp3) is 0.200. The lowest BCUT2D eigenvalue weighted by Crippen LogP contribution is -2.32. The molecule has 0 bridgehead atoms. The largest absolute Gasteiger partial charge is 0.480 e. The summed E-state index contributed by atoms with van der Waals surface area (Å²) in [6.07, 6.45) is -0.268. The molecule has 0 saturated carbocycles. The van der Waals surface area contributed by atoms with Crippen LogP contribution in [0.25, 0.3) is 0 Å². The predicted molar refractivity (Wildman–Crippen MR) is 63.1 cm³/mol. The minimum atomic E-state index is -1.21. The Bertz CT molecular complexity index is 434. The van der Waals surface area contributed by atoms with Crippen LogP contribution in [0.4, 0.5) is 5.69 Å². The topological polar surface area (TPSA) is 106 Å². The molecule has 0 spiro atoms. The highest BCUT2D eigenvalue weighted by Gasteiger charge is 2.19. The standard InChI is InChI=1S/C10H11BrN2O3/c11-6-3-1-2-5(9(6)13)8(14)4-7(12)10(15)16/h1-3,7H,4,12-13H2,(H,15,16)/t7-/m0/s1. The van der Waals surface area contributed by atoms with E-state index < -0.39 is 12.0 Å². The molecule has 16 heavy (non-hydrogen) atoms. The van der Waals surface area contributed by atoms with Gasteiger partial charge in [-0.15, -0.1) is 0 Å². The highest BCUT2D eigenvalue weighted by Crippen LogP contribution is 2.24. The van der Waals surface area contributed by atoms with E-state index in [4.69, 9.17) is 16.6 Å². The molecule has 0 aromatic heterocycles. The molecule has 1 aromatic carbocycles. The number of benzene rings is 1. The Balaban J connectivity index is 2.89. The van der Waals surface area contributed by atoms with Crippen molar-refractivity contribution < 1.29 is 14.7 Å². The molecule has 0 amide bonds. The number of anilines is 1. The van der Waals surface area contributed by atoms with Crippen LogP contribution in [0.1, 0.15) is 16.8 Å². The first-order valence-corrected chi connectivity index (χ1v) is 5.28. The molecule has 0 aliphatic heterocycles. The number of carboxylic acid groups (broad SMARTS) is 1. The second-order valence-corrected chi connectivity index (χ2v) is 4.13. The Morgan fingerprint density at radius 2 is 2.06 bits per heavy atom. The van der Waals surface area contributed by atoms with Gasteiger partial charge in [-0.05, 0) is 28.1 Å². The number of hydrogen-bond acceptors (Lipinski definition) is 4. The van der Waals surface area contributed by atoms with E-state index in [9.17, 15) is 9.59 Å². The van der Waals surface area contributed by atoms with Crippen molar-refractivity contribution in [3.8, 4) is 0 Å². The summed E-state index contributed by atoms with van der Waals surface area (Å²) < 4.78 is 0.599. The van der Waals surface area contributed by atoms with E-state index in [1.165, 1.54) is 6.07 Å². The monoisotopic (exact) mass is 286 g/mol. The fourth-order valence-electron chi connectivity index (χ4n) is 1.18. The molecule has 0 radical (unpaired) electrons. The number of halogens is 1. The van der Waals surface area contributed by atoms with Crippen LogP contribution in [-0.2, 0) is 4.79 Å². The Hall–Kier alpha value is -1.40. The van der Waals surface area contributed by atoms with Gasteiger partial charge in [0.2, 0.25) is 0 Å². The SMILES string of the molecule is Nc1c(Br)cccc1C(=O)C[C@H](N)C(=O)O. The van der Waals surface area contributed by atoms with Gasteiger partial charge in [-0.2, -0.15) is 0 Å². The molecule has 0 aliphatic rings. The summed E-state index contributed by atoms with van der Waals surface area (Å²) in [6, 6.07) is 3.69. The Morgan fingerprint density at radius 3 is 2.62 bits per heavy atom. The summed E-state index contributed by atoms with van der Waals surface area (Å²) in [5, 5.41) is 8.58. The molecule has 0 heterocycles. The van der Waals surface area contributed by atoms with Crippen molar-refractivity contribution in [1.82, 2.24) is 0 Å². The van der Waals surface area contributed by atoms with E-state index in [2.05, 4.69) is 15.9 Å². The normalized spacial score (nSPS) is 12.1. The molecule has 5 N–H and O–H groups in total. The minimum absolute atomic E-state index is 0.268. The van der Waals surface area contributed by atoms with Crippen molar-refractivity contribution in [2.24, 2.45) is 5.73 Å². The van der Waals surface area contributed by atoms with E-state index in [1.54, 1.807) is 12.1 Å². The maximum atomic E-state index is 11.7. The maximum Gasteiger partial charge on any atom is 0.320 e. The van der Waals surface area contributed by atoms with Gasteiger partial charge in [-0.3, -0.25) is 9.59 Å². The van der Waals surface area contributed by atoms with Crippen LogP contribution >= 0.6 is 15.9 Å². The van der Waals surface area contributed by atoms with E-state index in [1.807, 2.05) is 0 Å². The molecule has 1 atom stereocenters. The lowest BCUT2D eigenvalue weighted by atomic mass is 10.0. The van der Waals surface area contributed by atoms with Gasteiger partial charge in [0.05, 0.1) is 5.69 Å². The first-order chi connectivity index (χ1) is 7.43. The van der Waals surface area contributed by atoms with E-state index in [0.717, 1.165) is 0 Å². The molecular weight excluding hydrogens is 276 g/mol. The summed E-state index contributed by atoms with van der Waals surface area (Å²) in [5.74, 6) is -1.59. The number of carbonyl (C=O) groups excluding carboxylic acids is 1. The van der Waals surface area contributed by atoms with Crippen LogP contribution in [0.5, 0.6) is 0 Å². The summed E-state index contributed by atoms with van der Waals surface area (Å²) in [4.78, 5) is 22.2. The number of rotatable bonds is 4. The third-order valence-electron chi connectivity index (χ3n) is 2.08. The first-order valence-electron chi connectivity index (χ1n) is 4.49. The van der Waals surface area contributed by atoms with Crippen molar-refractivity contribution in [1.29, 1.82) is 0 Å². The van der Waals surface area contributed by atoms with Gasteiger partial charge in [-0.1, -0.05) is 6.07 Å². The summed E-state index contributed by atoms with van der Waals surface area (Å²) >= 11 is 3.18. The third kappa shape index (κ3) is 2.80. The third-order valence-corrected chi connectivity index (χ3v) is 2.77. The van der Waals surface area contributed by atoms with Crippen molar-refractivity contribution in [2.45, 2.75) is 12.5 Å². The lowest BCUT2D eigenvalue weighted by Gasteiger charge is -2.08. The highest BCUT2D eigenvalue weighted by atomic mass is 79.9. The fourth-order valence-corrected chi connectivity index (χ4v) is 1.54. The van der Waals surface area contributed by atoms with Crippen molar-refractivity contribution in [2.75, 3.05) is 5.73 Å². The van der Waals surface area contributed by atoms with Crippen molar-refractivity contribution in [3.05, 3.63) is 28.2 Å². The second-order valence-electron chi connectivity index (χ2n) is 3.27. The summed E-state index contributed by atoms with van der Waals surface area (Å²) in [7, 11) is 0. The molecule has 86 valence electrons. The number of para-hydroxylation sites is 1. The molecule has 1 rings (SSSR count). The molecule has 0 saturated heterocycles. The number of aliphatic carboxylic acids is 1. The molecule has 1 aromatic rings. The first kappa shape index (κ1) is 12.7. The number of Topliss-reactive ketones (excluding diaryl/α,β-unsaturated/α-hetero) is 1. The van der Waals surface area contributed by atoms with Crippen LogP contribution in [-0.4, -0.2) is 22.9 Å². The molecule has 0 unspecified atom stereocenters. The number of ketones is 1. The zero-order chi connectivity index (χ0) is 12.3. The van der Waals surface area contributed by atoms with Crippen molar-refractivity contribution in [3.63, 3.8) is 0 Å². The summed E-state index contributed by atoms with van der Waals surface area (Å²) in [6.45, 7) is 0. The number of nitrogen functional groups attached to an aromatic ring is 1. The Morgan fingerprint density at radius 1 is 1.44 bits per heavy atom. The van der Waals surface area contributed by atoms with Crippen molar-refractivity contribution >= 4 is 33.4 Å². The zero-order valence-electron chi connectivity index (χ0n) is 8.31. The van der Waals surface area contributed by atoms with Crippen LogP contribution in [0.2, 0.25) is 0 Å². The van der Waals surface area contributed by atoms with Crippen LogP contribution in [0, 0.1) is 0 Å². The van der Waals surface area contributed by atoms with E-state index in [-0.39, 0.29) is 17.8 Å².